The first-order valence-corrected chi connectivity index (χ1v) is 7.57. The Balaban J connectivity index is 1.70. The molecule has 0 spiro atoms. The summed E-state index contributed by atoms with van der Waals surface area (Å²) in [6.07, 6.45) is 6.69. The van der Waals surface area contributed by atoms with Gasteiger partial charge in [-0.25, -0.2) is 0 Å². The van der Waals surface area contributed by atoms with Gasteiger partial charge in [-0.2, -0.15) is 5.10 Å². The highest BCUT2D eigenvalue weighted by molar-refractivity contribution is 5.81. The molecule has 1 saturated carbocycles. The Morgan fingerprint density at radius 2 is 2.14 bits per heavy atom. The highest BCUT2D eigenvalue weighted by Gasteiger charge is 2.21. The van der Waals surface area contributed by atoms with E-state index in [1.807, 2.05) is 17.9 Å². The predicted octanol–water partition coefficient (Wildman–Crippen LogP) is 2.68. The largest absolute Gasteiger partial charge is 0.339 e. The van der Waals surface area contributed by atoms with Crippen LogP contribution in [0.2, 0.25) is 0 Å². The van der Waals surface area contributed by atoms with E-state index in [2.05, 4.69) is 51.5 Å². The molecule has 0 unspecified atom stereocenters. The fourth-order valence-electron chi connectivity index (χ4n) is 2.87. The lowest BCUT2D eigenvalue weighted by atomic mass is 10.2. The lowest BCUT2D eigenvalue weighted by Gasteiger charge is -2.10. The first-order valence-electron chi connectivity index (χ1n) is 7.57. The summed E-state index contributed by atoms with van der Waals surface area (Å²) in [5, 5.41) is 9.22. The van der Waals surface area contributed by atoms with Crippen LogP contribution in [0.15, 0.2) is 42.7 Å². The van der Waals surface area contributed by atoms with Gasteiger partial charge in [-0.3, -0.25) is 4.68 Å². The molecule has 3 aromatic rings. The molecule has 2 heterocycles. The van der Waals surface area contributed by atoms with Crippen molar-refractivity contribution in [3.63, 3.8) is 0 Å². The quantitative estimate of drug-likeness (QED) is 0.780. The van der Waals surface area contributed by atoms with Crippen molar-refractivity contribution >= 4 is 10.9 Å². The van der Waals surface area contributed by atoms with Crippen molar-refractivity contribution in [1.29, 1.82) is 0 Å². The summed E-state index contributed by atoms with van der Waals surface area (Å²) in [5.41, 5.74) is 3.90. The van der Waals surface area contributed by atoms with E-state index in [-0.39, 0.29) is 0 Å². The van der Waals surface area contributed by atoms with Gasteiger partial charge in [0.1, 0.15) is 0 Å². The van der Waals surface area contributed by atoms with Gasteiger partial charge in [-0.1, -0.05) is 18.2 Å². The average molecular weight is 280 g/mol. The van der Waals surface area contributed by atoms with E-state index in [1.54, 1.807) is 0 Å². The first-order chi connectivity index (χ1) is 10.3. The maximum atomic E-state index is 4.28. The van der Waals surface area contributed by atoms with Crippen molar-refractivity contribution in [2.24, 2.45) is 7.05 Å². The number of aromatic nitrogens is 3. The Bertz CT molecular complexity index is 764. The van der Waals surface area contributed by atoms with Gasteiger partial charge in [0, 0.05) is 42.6 Å². The molecule has 108 valence electrons. The molecule has 0 aliphatic heterocycles. The fraction of sp³-hybridized carbons (Fsp3) is 0.353. The van der Waals surface area contributed by atoms with E-state index in [0.29, 0.717) is 0 Å². The van der Waals surface area contributed by atoms with E-state index in [0.717, 1.165) is 19.1 Å². The number of hydrogen-bond acceptors (Lipinski definition) is 2. The van der Waals surface area contributed by atoms with Gasteiger partial charge in [0.15, 0.2) is 0 Å². The fourth-order valence-corrected chi connectivity index (χ4v) is 2.87. The summed E-state index contributed by atoms with van der Waals surface area (Å²) < 4.78 is 4.27. The van der Waals surface area contributed by atoms with Crippen LogP contribution in [0.1, 0.15) is 24.1 Å². The summed E-state index contributed by atoms with van der Waals surface area (Å²) in [4.78, 5) is 0. The van der Waals surface area contributed by atoms with Crippen molar-refractivity contribution in [2.75, 3.05) is 0 Å². The van der Waals surface area contributed by atoms with Gasteiger partial charge < -0.3 is 9.88 Å². The molecule has 4 rings (SSSR count). The molecule has 0 atom stereocenters. The molecular formula is C17H20N4. The van der Waals surface area contributed by atoms with Crippen LogP contribution in [-0.2, 0) is 20.1 Å². The predicted molar refractivity (Wildman–Crippen MR) is 84.1 cm³/mol. The van der Waals surface area contributed by atoms with Gasteiger partial charge in [0.2, 0.25) is 0 Å². The molecule has 1 fully saturated rings. The summed E-state index contributed by atoms with van der Waals surface area (Å²) in [5.74, 6) is 0. The van der Waals surface area contributed by atoms with Crippen LogP contribution >= 0.6 is 0 Å². The topological polar surface area (TPSA) is 34.8 Å². The Labute approximate surface area is 124 Å². The number of rotatable bonds is 5. The lowest BCUT2D eigenvalue weighted by Crippen LogP contribution is -2.18. The second-order valence-electron chi connectivity index (χ2n) is 5.96. The van der Waals surface area contributed by atoms with Crippen LogP contribution in [0.4, 0.5) is 0 Å². The van der Waals surface area contributed by atoms with Crippen LogP contribution in [0.3, 0.4) is 0 Å². The molecule has 0 radical (unpaired) electrons. The van der Waals surface area contributed by atoms with E-state index in [1.165, 1.54) is 35.0 Å². The van der Waals surface area contributed by atoms with Gasteiger partial charge in [-0.05, 0) is 30.4 Å². The normalized spacial score (nSPS) is 14.9. The second-order valence-corrected chi connectivity index (χ2v) is 5.96. The number of para-hydroxylation sites is 1. The monoisotopic (exact) mass is 280 g/mol. The molecule has 0 saturated heterocycles. The molecule has 1 aliphatic carbocycles. The third-order valence-corrected chi connectivity index (χ3v) is 4.14. The van der Waals surface area contributed by atoms with E-state index < -0.39 is 0 Å². The van der Waals surface area contributed by atoms with Crippen LogP contribution in [-0.4, -0.2) is 20.4 Å². The smallest absolute Gasteiger partial charge is 0.0539 e. The number of aryl methyl sites for hydroxylation is 1. The number of nitrogens with one attached hydrogen (secondary N) is 1. The Kier molecular flexibility index (Phi) is 3.04. The summed E-state index contributed by atoms with van der Waals surface area (Å²) >= 11 is 0. The first kappa shape index (κ1) is 12.7. The Morgan fingerprint density at radius 3 is 2.90 bits per heavy atom. The summed E-state index contributed by atoms with van der Waals surface area (Å²) in [6.45, 7) is 1.82. The average Bonchev–Trinajstić information content (AvgIpc) is 3.14. The summed E-state index contributed by atoms with van der Waals surface area (Å²) in [7, 11) is 1.97. The van der Waals surface area contributed by atoms with Crippen molar-refractivity contribution in [1.82, 2.24) is 19.7 Å². The van der Waals surface area contributed by atoms with E-state index in [4.69, 9.17) is 0 Å². The van der Waals surface area contributed by atoms with Gasteiger partial charge in [0.05, 0.1) is 12.7 Å². The zero-order chi connectivity index (χ0) is 14.2. The van der Waals surface area contributed by atoms with Crippen LogP contribution < -0.4 is 5.32 Å². The van der Waals surface area contributed by atoms with Crippen molar-refractivity contribution < 1.29 is 0 Å². The number of hydrogen-bond donors (Lipinski definition) is 1. The number of nitrogens with zero attached hydrogens (tertiary/aromatic N) is 3. The minimum absolute atomic E-state index is 0.731. The summed E-state index contributed by atoms with van der Waals surface area (Å²) in [6, 6.07) is 11.6. The van der Waals surface area contributed by atoms with E-state index in [9.17, 15) is 0 Å². The van der Waals surface area contributed by atoms with Gasteiger partial charge in [-0.15, -0.1) is 0 Å². The minimum atomic E-state index is 0.731. The number of benzene rings is 1. The third kappa shape index (κ3) is 2.59. The minimum Gasteiger partial charge on any atom is -0.339 e. The highest BCUT2D eigenvalue weighted by Crippen LogP contribution is 2.23. The molecule has 21 heavy (non-hydrogen) atoms. The Morgan fingerprint density at radius 1 is 1.29 bits per heavy atom. The molecular weight excluding hydrogens is 260 g/mol. The van der Waals surface area contributed by atoms with Gasteiger partial charge in [0.25, 0.3) is 0 Å². The van der Waals surface area contributed by atoms with Crippen molar-refractivity contribution in [3.8, 4) is 0 Å². The van der Waals surface area contributed by atoms with Crippen LogP contribution in [0, 0.1) is 0 Å². The molecule has 0 bridgehead atoms. The van der Waals surface area contributed by atoms with Crippen LogP contribution in [0.5, 0.6) is 0 Å². The molecule has 1 aliphatic rings. The molecule has 4 heteroatoms. The molecule has 1 N–H and O–H groups in total. The molecule has 2 aromatic heterocycles. The standard InChI is InChI=1S/C17H20N4/c1-20-11-13(9-19-20)12-21-16(10-18-15-6-7-15)8-14-4-2-3-5-17(14)21/h2-5,8-9,11,15,18H,6-7,10,12H2,1H3. The van der Waals surface area contributed by atoms with Crippen molar-refractivity contribution in [3.05, 3.63) is 54.0 Å². The lowest BCUT2D eigenvalue weighted by molar-refractivity contribution is 0.641. The number of fused-ring (bicyclic) bond motifs is 1. The maximum Gasteiger partial charge on any atom is 0.0539 e. The molecule has 4 nitrogen and oxygen atoms in total. The molecule has 1 aromatic carbocycles. The maximum absolute atomic E-state index is 4.28. The second kappa shape index (κ2) is 5.04. The van der Waals surface area contributed by atoms with E-state index >= 15 is 0 Å². The van der Waals surface area contributed by atoms with Gasteiger partial charge >= 0.3 is 0 Å². The van der Waals surface area contributed by atoms with Crippen molar-refractivity contribution in [2.45, 2.75) is 32.0 Å². The SMILES string of the molecule is Cn1cc(Cn2c(CNC3CC3)cc3ccccc32)cn1. The van der Waals surface area contributed by atoms with Crippen LogP contribution in [0.25, 0.3) is 10.9 Å². The molecule has 0 amide bonds. The zero-order valence-electron chi connectivity index (χ0n) is 12.3. The third-order valence-electron chi connectivity index (χ3n) is 4.14. The highest BCUT2D eigenvalue weighted by atomic mass is 15.2. The zero-order valence-corrected chi connectivity index (χ0v) is 12.3. The Hall–Kier alpha value is -2.07.